The zero-order valence-electron chi connectivity index (χ0n) is 15.3. The van der Waals surface area contributed by atoms with Crippen molar-refractivity contribution in [3.8, 4) is 5.75 Å². The molecule has 1 amide bonds. The highest BCUT2D eigenvalue weighted by Crippen LogP contribution is 2.25. The minimum atomic E-state index is -0.533. The number of hydrogen-bond acceptors (Lipinski definition) is 4. The molecule has 0 aliphatic carbocycles. The third-order valence-electron chi connectivity index (χ3n) is 3.92. The van der Waals surface area contributed by atoms with Crippen LogP contribution in [0.15, 0.2) is 48.5 Å². The molecule has 2 aromatic carbocycles. The molecule has 0 spiro atoms. The first-order chi connectivity index (χ1) is 12.4. The van der Waals surface area contributed by atoms with Gasteiger partial charge in [0.1, 0.15) is 0 Å². The van der Waals surface area contributed by atoms with Crippen molar-refractivity contribution in [3.05, 3.63) is 69.8 Å². The molecule has 0 unspecified atom stereocenters. The summed E-state index contributed by atoms with van der Waals surface area (Å²) in [5, 5.41) is 13.8. The minimum absolute atomic E-state index is 0.0818. The van der Waals surface area contributed by atoms with E-state index < -0.39 is 4.92 Å². The van der Waals surface area contributed by atoms with E-state index in [1.165, 1.54) is 17.7 Å². The van der Waals surface area contributed by atoms with Gasteiger partial charge in [0, 0.05) is 6.07 Å². The molecule has 0 aromatic heterocycles. The zero-order chi connectivity index (χ0) is 19.1. The van der Waals surface area contributed by atoms with Gasteiger partial charge in [-0.25, -0.2) is 0 Å². The topological polar surface area (TPSA) is 81.5 Å². The fourth-order valence-corrected chi connectivity index (χ4v) is 2.65. The van der Waals surface area contributed by atoms with Crippen LogP contribution in [0.1, 0.15) is 37.9 Å². The van der Waals surface area contributed by atoms with Gasteiger partial charge >= 0.3 is 5.69 Å². The molecule has 0 heterocycles. The SMILES string of the molecule is CC(C)Cc1ccc([C@@H](C)NC(=O)COc2ccccc2[N+](=O)[O-])cc1. The predicted octanol–water partition coefficient (Wildman–Crippen LogP) is 4.05. The van der Waals surface area contributed by atoms with E-state index in [9.17, 15) is 14.9 Å². The van der Waals surface area contributed by atoms with Gasteiger partial charge in [-0.3, -0.25) is 14.9 Å². The summed E-state index contributed by atoms with van der Waals surface area (Å²) in [5.41, 5.74) is 2.10. The van der Waals surface area contributed by atoms with Crippen molar-refractivity contribution in [3.63, 3.8) is 0 Å². The van der Waals surface area contributed by atoms with Crippen LogP contribution < -0.4 is 10.1 Å². The predicted molar refractivity (Wildman–Crippen MR) is 100 cm³/mol. The third kappa shape index (κ3) is 5.58. The molecule has 0 fully saturated rings. The van der Waals surface area contributed by atoms with E-state index in [-0.39, 0.29) is 30.0 Å². The number of amides is 1. The van der Waals surface area contributed by atoms with Gasteiger partial charge in [-0.15, -0.1) is 0 Å². The van der Waals surface area contributed by atoms with Crippen LogP contribution in [0.2, 0.25) is 0 Å². The van der Waals surface area contributed by atoms with E-state index in [1.807, 2.05) is 19.1 Å². The fourth-order valence-electron chi connectivity index (χ4n) is 2.65. The maximum Gasteiger partial charge on any atom is 0.310 e. The fraction of sp³-hybridized carbons (Fsp3) is 0.350. The van der Waals surface area contributed by atoms with Crippen LogP contribution in [0, 0.1) is 16.0 Å². The third-order valence-corrected chi connectivity index (χ3v) is 3.92. The lowest BCUT2D eigenvalue weighted by Gasteiger charge is -2.15. The number of nitro groups is 1. The average Bonchev–Trinajstić information content (AvgIpc) is 2.60. The van der Waals surface area contributed by atoms with E-state index in [4.69, 9.17) is 4.74 Å². The summed E-state index contributed by atoms with van der Waals surface area (Å²) >= 11 is 0. The Morgan fingerprint density at radius 2 is 1.77 bits per heavy atom. The Kier molecular flexibility index (Phi) is 6.72. The van der Waals surface area contributed by atoms with Gasteiger partial charge in [0.05, 0.1) is 11.0 Å². The molecule has 0 saturated heterocycles. The maximum absolute atomic E-state index is 12.1. The lowest BCUT2D eigenvalue weighted by Crippen LogP contribution is -2.31. The number of benzene rings is 2. The normalized spacial score (nSPS) is 11.8. The van der Waals surface area contributed by atoms with Crippen LogP contribution in [-0.4, -0.2) is 17.4 Å². The van der Waals surface area contributed by atoms with Gasteiger partial charge in [0.2, 0.25) is 0 Å². The van der Waals surface area contributed by atoms with Crippen molar-refractivity contribution in [2.45, 2.75) is 33.2 Å². The Hall–Kier alpha value is -2.89. The van der Waals surface area contributed by atoms with E-state index in [0.717, 1.165) is 12.0 Å². The first kappa shape index (κ1) is 19.4. The number of nitro benzene ring substituents is 1. The van der Waals surface area contributed by atoms with Crippen molar-refractivity contribution in [2.24, 2.45) is 5.92 Å². The largest absolute Gasteiger partial charge is 0.477 e. The van der Waals surface area contributed by atoms with E-state index >= 15 is 0 Å². The Morgan fingerprint density at radius 1 is 1.12 bits per heavy atom. The molecule has 6 nitrogen and oxygen atoms in total. The lowest BCUT2D eigenvalue weighted by molar-refractivity contribution is -0.385. The number of nitrogens with zero attached hydrogens (tertiary/aromatic N) is 1. The van der Waals surface area contributed by atoms with Crippen molar-refractivity contribution < 1.29 is 14.5 Å². The Morgan fingerprint density at radius 3 is 2.38 bits per heavy atom. The van der Waals surface area contributed by atoms with Gasteiger partial charge in [-0.05, 0) is 36.5 Å². The van der Waals surface area contributed by atoms with Crippen LogP contribution in [0.3, 0.4) is 0 Å². The lowest BCUT2D eigenvalue weighted by atomic mass is 10.00. The zero-order valence-corrected chi connectivity index (χ0v) is 15.3. The van der Waals surface area contributed by atoms with E-state index in [0.29, 0.717) is 5.92 Å². The van der Waals surface area contributed by atoms with Crippen LogP contribution in [0.4, 0.5) is 5.69 Å². The number of hydrogen-bond donors (Lipinski definition) is 1. The number of rotatable bonds is 8. The van der Waals surface area contributed by atoms with Crippen LogP contribution in [0.5, 0.6) is 5.75 Å². The number of carbonyl (C=O) groups is 1. The van der Waals surface area contributed by atoms with Gasteiger partial charge in [0.25, 0.3) is 5.91 Å². The highest BCUT2D eigenvalue weighted by Gasteiger charge is 2.16. The molecular weight excluding hydrogens is 332 g/mol. The summed E-state index contributed by atoms with van der Waals surface area (Å²) in [4.78, 5) is 22.5. The van der Waals surface area contributed by atoms with Crippen LogP contribution >= 0.6 is 0 Å². The molecule has 2 rings (SSSR count). The molecule has 2 aromatic rings. The quantitative estimate of drug-likeness (QED) is 0.571. The summed E-state index contributed by atoms with van der Waals surface area (Å²) in [7, 11) is 0. The Labute approximate surface area is 153 Å². The van der Waals surface area contributed by atoms with Crippen LogP contribution in [0.25, 0.3) is 0 Å². The first-order valence-corrected chi connectivity index (χ1v) is 8.61. The maximum atomic E-state index is 12.1. The summed E-state index contributed by atoms with van der Waals surface area (Å²) in [5.74, 6) is 0.345. The Balaban J connectivity index is 1.90. The molecule has 1 atom stereocenters. The number of ether oxygens (including phenoxy) is 1. The van der Waals surface area contributed by atoms with Crippen molar-refractivity contribution in [1.82, 2.24) is 5.32 Å². The average molecular weight is 356 g/mol. The van der Waals surface area contributed by atoms with Crippen LogP contribution in [-0.2, 0) is 11.2 Å². The van der Waals surface area contributed by atoms with Crippen molar-refractivity contribution in [2.75, 3.05) is 6.61 Å². The molecular formula is C20H24N2O4. The second-order valence-corrected chi connectivity index (χ2v) is 6.64. The second-order valence-electron chi connectivity index (χ2n) is 6.64. The number of carbonyl (C=O) groups excluding carboxylic acids is 1. The van der Waals surface area contributed by atoms with Crippen molar-refractivity contribution >= 4 is 11.6 Å². The summed E-state index contributed by atoms with van der Waals surface area (Å²) in [6, 6.07) is 14.0. The Bertz CT molecular complexity index is 757. The second kappa shape index (κ2) is 8.99. The smallest absolute Gasteiger partial charge is 0.310 e. The van der Waals surface area contributed by atoms with E-state index in [2.05, 4.69) is 31.3 Å². The highest BCUT2D eigenvalue weighted by atomic mass is 16.6. The molecule has 0 radical (unpaired) electrons. The van der Waals surface area contributed by atoms with Crippen molar-refractivity contribution in [1.29, 1.82) is 0 Å². The molecule has 0 bridgehead atoms. The summed E-state index contributed by atoms with van der Waals surface area (Å²) < 4.78 is 5.31. The molecule has 6 heteroatoms. The summed E-state index contributed by atoms with van der Waals surface area (Å²) in [6.45, 7) is 5.96. The molecule has 138 valence electrons. The van der Waals surface area contributed by atoms with Gasteiger partial charge in [0.15, 0.2) is 12.4 Å². The molecule has 0 aliphatic heterocycles. The van der Waals surface area contributed by atoms with Gasteiger partial charge < -0.3 is 10.1 Å². The molecule has 26 heavy (non-hydrogen) atoms. The first-order valence-electron chi connectivity index (χ1n) is 8.61. The minimum Gasteiger partial charge on any atom is -0.477 e. The van der Waals surface area contributed by atoms with E-state index in [1.54, 1.807) is 12.1 Å². The number of nitrogens with one attached hydrogen (secondary N) is 1. The van der Waals surface area contributed by atoms with Gasteiger partial charge in [-0.1, -0.05) is 50.2 Å². The molecule has 0 aliphatic rings. The number of para-hydroxylation sites is 2. The molecule has 0 saturated carbocycles. The standard InChI is InChI=1S/C20H24N2O4/c1-14(2)12-16-8-10-17(11-9-16)15(3)21-20(23)13-26-19-7-5-4-6-18(19)22(24)25/h4-11,14-15H,12-13H2,1-3H3,(H,21,23)/t15-/m1/s1. The summed E-state index contributed by atoms with van der Waals surface area (Å²) in [6.07, 6.45) is 1.02. The van der Waals surface area contributed by atoms with Gasteiger partial charge in [-0.2, -0.15) is 0 Å². The monoisotopic (exact) mass is 356 g/mol. The highest BCUT2D eigenvalue weighted by molar-refractivity contribution is 5.78. The molecule has 1 N–H and O–H groups in total.